The Morgan fingerprint density at radius 1 is 1.00 bits per heavy atom. The van der Waals surface area contributed by atoms with Crippen LogP contribution in [-0.4, -0.2) is 5.40 Å². The molecule has 0 fully saturated rings. The molecule has 0 aliphatic rings. The van der Waals surface area contributed by atoms with Crippen molar-refractivity contribution in [2.24, 2.45) is 5.41 Å². The summed E-state index contributed by atoms with van der Waals surface area (Å²) in [5.74, 6) is 0. The second-order valence-electron chi connectivity index (χ2n) is 3.82. The first-order valence-corrected chi connectivity index (χ1v) is 6.00. The van der Waals surface area contributed by atoms with Crippen LogP contribution in [0.2, 0.25) is 0 Å². The van der Waals surface area contributed by atoms with Gasteiger partial charge in [0.15, 0.2) is 0 Å². The van der Waals surface area contributed by atoms with Gasteiger partial charge < -0.3 is 36.3 Å². The van der Waals surface area contributed by atoms with Crippen LogP contribution in [0, 0.1) is 5.41 Å². The number of hydrogen-bond donors (Lipinski definition) is 0. The fraction of sp³-hybridized carbons (Fsp3) is 1.00. The van der Waals surface area contributed by atoms with Crippen LogP contribution in [0.15, 0.2) is 0 Å². The van der Waals surface area contributed by atoms with E-state index in [-0.39, 0.29) is 11.8 Å². The van der Waals surface area contributed by atoms with E-state index in [1.807, 2.05) is 0 Å². The summed E-state index contributed by atoms with van der Waals surface area (Å²) in [4.78, 5) is 41.9. The molecule has 0 aliphatic carbocycles. The third kappa shape index (κ3) is 5.36. The van der Waals surface area contributed by atoms with Crippen molar-refractivity contribution in [3.05, 3.63) is 0 Å². The highest BCUT2D eigenvalue weighted by Crippen LogP contribution is 2.45. The van der Waals surface area contributed by atoms with E-state index < -0.39 is 22.2 Å². The Morgan fingerprint density at radius 3 is 1.42 bits per heavy atom. The SMILES string of the molecule is CC(C)(C)CC(P([O-])[O-])P([O-])[O-]. The first-order valence-electron chi connectivity index (χ1n) is 3.51. The zero-order chi connectivity index (χ0) is 9.94. The molecule has 0 unspecified atom stereocenters. The second-order valence-corrected chi connectivity index (χ2v) is 6.61. The molecule has 0 amide bonds. The standard InChI is InChI=1S/C6H12O4P2/c1-6(2,3)4-5(11(7)8)12(9)10/h5H,4H2,1-3H3/q-4. The molecule has 0 bridgehead atoms. The maximum absolute atomic E-state index is 10.5. The summed E-state index contributed by atoms with van der Waals surface area (Å²) >= 11 is 0. The number of rotatable bonds is 3. The summed E-state index contributed by atoms with van der Waals surface area (Å²) in [6, 6.07) is 0. The van der Waals surface area contributed by atoms with Crippen molar-refractivity contribution in [2.45, 2.75) is 32.6 Å². The fourth-order valence-corrected chi connectivity index (χ4v) is 2.78. The quantitative estimate of drug-likeness (QED) is 0.547. The van der Waals surface area contributed by atoms with Crippen LogP contribution >= 0.6 is 16.8 Å². The summed E-state index contributed by atoms with van der Waals surface area (Å²) in [6.45, 7) is 5.41. The van der Waals surface area contributed by atoms with Crippen molar-refractivity contribution >= 4 is 16.8 Å². The smallest absolute Gasteiger partial charge is 0.0375 e. The Bertz CT molecular complexity index is 124. The molecule has 0 rings (SSSR count). The molecule has 0 aromatic heterocycles. The molecule has 0 N–H and O–H groups in total. The van der Waals surface area contributed by atoms with E-state index in [0.29, 0.717) is 0 Å². The lowest BCUT2D eigenvalue weighted by molar-refractivity contribution is -0.307. The Kier molecular flexibility index (Phi) is 5.08. The largest absolute Gasteiger partial charge is 0.841 e. The Labute approximate surface area is 75.1 Å². The molecule has 0 aliphatic heterocycles. The molecular formula is C6H12O4P2-4. The predicted molar refractivity (Wildman–Crippen MR) is 41.7 cm³/mol. The van der Waals surface area contributed by atoms with Gasteiger partial charge in [0, 0.05) is 0 Å². The van der Waals surface area contributed by atoms with E-state index in [1.54, 1.807) is 20.8 Å². The van der Waals surface area contributed by atoms with Crippen LogP contribution in [0.4, 0.5) is 0 Å². The average Bonchev–Trinajstić information content (AvgIpc) is 1.79. The van der Waals surface area contributed by atoms with Gasteiger partial charge >= 0.3 is 0 Å². The van der Waals surface area contributed by atoms with E-state index in [4.69, 9.17) is 0 Å². The van der Waals surface area contributed by atoms with Gasteiger partial charge in [-0.1, -0.05) is 26.2 Å². The third-order valence-electron chi connectivity index (χ3n) is 1.28. The molecule has 0 heterocycles. The monoisotopic (exact) mass is 210 g/mol. The Morgan fingerprint density at radius 2 is 1.33 bits per heavy atom. The predicted octanol–water partition coefficient (Wildman–Crippen LogP) is -1.19. The van der Waals surface area contributed by atoms with Crippen LogP contribution < -0.4 is 19.6 Å². The molecule has 12 heavy (non-hydrogen) atoms. The molecule has 0 radical (unpaired) electrons. The zero-order valence-electron chi connectivity index (χ0n) is 7.31. The van der Waals surface area contributed by atoms with Crippen LogP contribution in [0.5, 0.6) is 0 Å². The fourth-order valence-electron chi connectivity index (χ4n) is 0.774. The maximum atomic E-state index is 10.5. The van der Waals surface area contributed by atoms with Gasteiger partial charge in [0.25, 0.3) is 0 Å². The van der Waals surface area contributed by atoms with Gasteiger partial charge in [-0.15, -0.1) is 0 Å². The lowest BCUT2D eigenvalue weighted by atomic mass is 9.93. The van der Waals surface area contributed by atoms with Gasteiger partial charge in [0.2, 0.25) is 0 Å². The number of hydrogen-bond acceptors (Lipinski definition) is 4. The second kappa shape index (κ2) is 4.80. The lowest BCUT2D eigenvalue weighted by Crippen LogP contribution is -2.31. The first kappa shape index (κ1) is 12.7. The summed E-state index contributed by atoms with van der Waals surface area (Å²) in [6.07, 6.45) is 0.157. The Hall–Kier alpha value is 0.700. The minimum absolute atomic E-state index is 0.157. The van der Waals surface area contributed by atoms with Gasteiger partial charge in [-0.25, -0.2) is 0 Å². The van der Waals surface area contributed by atoms with Gasteiger partial charge in [0.05, 0.1) is 0 Å². The van der Waals surface area contributed by atoms with Crippen molar-refractivity contribution in [2.75, 3.05) is 0 Å². The molecule has 6 heteroatoms. The topological polar surface area (TPSA) is 92.2 Å². The maximum Gasteiger partial charge on any atom is -0.0375 e. The van der Waals surface area contributed by atoms with Crippen molar-refractivity contribution < 1.29 is 19.6 Å². The van der Waals surface area contributed by atoms with E-state index in [2.05, 4.69) is 0 Å². The molecule has 4 nitrogen and oxygen atoms in total. The molecule has 0 aromatic carbocycles. The highest BCUT2D eigenvalue weighted by Gasteiger charge is 2.14. The summed E-state index contributed by atoms with van der Waals surface area (Å²) in [5.41, 5.74) is -0.282. The summed E-state index contributed by atoms with van der Waals surface area (Å²) < 4.78 is 0. The molecule has 0 saturated heterocycles. The van der Waals surface area contributed by atoms with E-state index in [9.17, 15) is 19.6 Å². The van der Waals surface area contributed by atoms with Gasteiger partial charge in [0.1, 0.15) is 0 Å². The molecular weight excluding hydrogens is 198 g/mol. The van der Waals surface area contributed by atoms with Crippen molar-refractivity contribution in [3.8, 4) is 0 Å². The van der Waals surface area contributed by atoms with Crippen molar-refractivity contribution in [3.63, 3.8) is 0 Å². The van der Waals surface area contributed by atoms with E-state index >= 15 is 0 Å². The van der Waals surface area contributed by atoms with E-state index in [0.717, 1.165) is 0 Å². The highest BCUT2D eigenvalue weighted by atomic mass is 31.2. The van der Waals surface area contributed by atoms with Gasteiger partial charge in [-0.2, -0.15) is 0 Å². The lowest BCUT2D eigenvalue weighted by Gasteiger charge is -2.54. The van der Waals surface area contributed by atoms with Crippen LogP contribution in [0.1, 0.15) is 27.2 Å². The minimum atomic E-state index is -2.86. The van der Waals surface area contributed by atoms with E-state index in [1.165, 1.54) is 0 Å². The van der Waals surface area contributed by atoms with Crippen LogP contribution in [-0.2, 0) is 0 Å². The minimum Gasteiger partial charge on any atom is -0.841 e. The molecule has 74 valence electrons. The summed E-state index contributed by atoms with van der Waals surface area (Å²) in [7, 11) is -5.73. The first-order chi connectivity index (χ1) is 5.24. The highest BCUT2D eigenvalue weighted by molar-refractivity contribution is 7.61. The average molecular weight is 210 g/mol. The molecule has 0 saturated carbocycles. The molecule has 0 spiro atoms. The van der Waals surface area contributed by atoms with Crippen LogP contribution in [0.3, 0.4) is 0 Å². The zero-order valence-corrected chi connectivity index (χ0v) is 9.10. The van der Waals surface area contributed by atoms with Crippen LogP contribution in [0.25, 0.3) is 0 Å². The normalized spacial score (nSPS) is 13.5. The van der Waals surface area contributed by atoms with Crippen molar-refractivity contribution in [1.29, 1.82) is 0 Å². The van der Waals surface area contributed by atoms with Gasteiger partial charge in [-0.05, 0) is 11.8 Å². The summed E-state index contributed by atoms with van der Waals surface area (Å²) in [5, 5.41) is -1.21. The Balaban J connectivity index is 4.15. The van der Waals surface area contributed by atoms with Gasteiger partial charge in [-0.3, -0.25) is 0 Å². The molecule has 0 atom stereocenters. The third-order valence-corrected chi connectivity index (χ3v) is 3.75. The molecule has 0 aromatic rings. The van der Waals surface area contributed by atoms with Crippen molar-refractivity contribution in [1.82, 2.24) is 0 Å².